The fourth-order valence-electron chi connectivity index (χ4n) is 1.93. The van der Waals surface area contributed by atoms with Crippen LogP contribution in [0.25, 0.3) is 10.9 Å². The first-order valence-electron chi connectivity index (χ1n) is 4.85. The monoisotopic (exact) mass is 189 g/mol. The Kier molecular flexibility index (Phi) is 2.25. The molecule has 0 fully saturated rings. The Morgan fingerprint density at radius 1 is 1.43 bits per heavy atom. The van der Waals surface area contributed by atoms with Crippen LogP contribution in [0, 0.1) is 6.92 Å². The highest BCUT2D eigenvalue weighted by molar-refractivity contribution is 5.84. The summed E-state index contributed by atoms with van der Waals surface area (Å²) in [6, 6.07) is 6.29. The lowest BCUT2D eigenvalue weighted by Gasteiger charge is -1.97. The van der Waals surface area contributed by atoms with Crippen molar-refractivity contribution in [2.75, 3.05) is 6.54 Å². The number of rotatable bonds is 2. The third-order valence-corrected chi connectivity index (χ3v) is 2.52. The molecule has 0 aliphatic rings. The van der Waals surface area contributed by atoms with Crippen LogP contribution in [0.3, 0.4) is 0 Å². The second-order valence-electron chi connectivity index (χ2n) is 3.58. The molecule has 2 N–H and O–H groups in total. The van der Waals surface area contributed by atoms with Crippen molar-refractivity contribution in [3.05, 3.63) is 29.5 Å². The van der Waals surface area contributed by atoms with Gasteiger partial charge in [0.2, 0.25) is 0 Å². The number of benzene rings is 1. The number of nitrogens with zero attached hydrogens (tertiary/aromatic N) is 2. The first-order chi connectivity index (χ1) is 6.74. The summed E-state index contributed by atoms with van der Waals surface area (Å²) in [7, 11) is 1.98. The highest BCUT2D eigenvalue weighted by Gasteiger charge is 2.08. The Hall–Kier alpha value is -1.35. The fraction of sp³-hybridized carbons (Fsp3) is 0.364. The van der Waals surface area contributed by atoms with Crippen LogP contribution in [0.2, 0.25) is 0 Å². The highest BCUT2D eigenvalue weighted by Crippen LogP contribution is 2.21. The lowest BCUT2D eigenvalue weighted by Crippen LogP contribution is -2.03. The van der Waals surface area contributed by atoms with E-state index in [1.54, 1.807) is 0 Å². The average molecular weight is 189 g/mol. The van der Waals surface area contributed by atoms with E-state index in [9.17, 15) is 0 Å². The highest BCUT2D eigenvalue weighted by atomic mass is 15.3. The second kappa shape index (κ2) is 3.42. The van der Waals surface area contributed by atoms with Gasteiger partial charge in [-0.2, -0.15) is 5.10 Å². The first-order valence-corrected chi connectivity index (χ1v) is 4.85. The van der Waals surface area contributed by atoms with Gasteiger partial charge in [0.25, 0.3) is 0 Å². The SMILES string of the molecule is Cc1cccc2c(CCN)nn(C)c12. The summed E-state index contributed by atoms with van der Waals surface area (Å²) in [5.41, 5.74) is 9.14. The minimum atomic E-state index is 0.653. The Balaban J connectivity index is 2.71. The van der Waals surface area contributed by atoms with Crippen LogP contribution in [-0.2, 0) is 13.5 Å². The lowest BCUT2D eigenvalue weighted by atomic mass is 10.1. The maximum absolute atomic E-state index is 5.55. The predicted octanol–water partition coefficient (Wildman–Crippen LogP) is 1.38. The van der Waals surface area contributed by atoms with E-state index in [0.717, 1.165) is 12.1 Å². The van der Waals surface area contributed by atoms with Gasteiger partial charge in [-0.25, -0.2) is 0 Å². The average Bonchev–Trinajstić information content (AvgIpc) is 2.46. The number of aromatic nitrogens is 2. The Bertz CT molecular complexity index is 457. The summed E-state index contributed by atoms with van der Waals surface area (Å²) in [5.74, 6) is 0. The first kappa shape index (κ1) is 9.21. The molecular formula is C11H15N3. The molecule has 14 heavy (non-hydrogen) atoms. The van der Waals surface area contributed by atoms with E-state index in [1.807, 2.05) is 11.7 Å². The number of hydrogen-bond donors (Lipinski definition) is 1. The van der Waals surface area contributed by atoms with Crippen LogP contribution in [0.15, 0.2) is 18.2 Å². The van der Waals surface area contributed by atoms with Crippen molar-refractivity contribution in [1.29, 1.82) is 0 Å². The van der Waals surface area contributed by atoms with Crippen molar-refractivity contribution in [2.24, 2.45) is 12.8 Å². The number of hydrogen-bond acceptors (Lipinski definition) is 2. The quantitative estimate of drug-likeness (QED) is 0.775. The van der Waals surface area contributed by atoms with Crippen LogP contribution in [0.4, 0.5) is 0 Å². The molecule has 0 amide bonds. The molecule has 0 unspecified atom stereocenters. The van der Waals surface area contributed by atoms with Crippen molar-refractivity contribution in [3.63, 3.8) is 0 Å². The zero-order valence-corrected chi connectivity index (χ0v) is 8.62. The molecular weight excluding hydrogens is 174 g/mol. The molecule has 0 aliphatic heterocycles. The third kappa shape index (κ3) is 1.30. The Labute approximate surface area is 83.5 Å². The number of para-hydroxylation sites is 1. The minimum Gasteiger partial charge on any atom is -0.330 e. The van der Waals surface area contributed by atoms with E-state index >= 15 is 0 Å². The minimum absolute atomic E-state index is 0.653. The molecule has 1 aromatic heterocycles. The van der Waals surface area contributed by atoms with Gasteiger partial charge in [-0.05, 0) is 19.0 Å². The van der Waals surface area contributed by atoms with Gasteiger partial charge in [-0.3, -0.25) is 4.68 Å². The van der Waals surface area contributed by atoms with Gasteiger partial charge < -0.3 is 5.73 Å². The van der Waals surface area contributed by atoms with E-state index in [0.29, 0.717) is 6.54 Å². The van der Waals surface area contributed by atoms with Gasteiger partial charge in [0, 0.05) is 18.9 Å². The largest absolute Gasteiger partial charge is 0.330 e. The predicted molar refractivity (Wildman–Crippen MR) is 58.2 cm³/mol. The van der Waals surface area contributed by atoms with Crippen LogP contribution in [-0.4, -0.2) is 16.3 Å². The van der Waals surface area contributed by atoms with E-state index in [1.165, 1.54) is 16.5 Å². The zero-order chi connectivity index (χ0) is 10.1. The van der Waals surface area contributed by atoms with Gasteiger partial charge in [0.05, 0.1) is 11.2 Å². The second-order valence-corrected chi connectivity index (χ2v) is 3.58. The van der Waals surface area contributed by atoms with E-state index in [2.05, 4.69) is 30.2 Å². The van der Waals surface area contributed by atoms with Crippen LogP contribution >= 0.6 is 0 Å². The molecule has 3 nitrogen and oxygen atoms in total. The number of nitrogens with two attached hydrogens (primary N) is 1. The zero-order valence-electron chi connectivity index (χ0n) is 8.62. The summed E-state index contributed by atoms with van der Waals surface area (Å²) < 4.78 is 1.94. The van der Waals surface area contributed by atoms with Crippen molar-refractivity contribution in [2.45, 2.75) is 13.3 Å². The molecule has 0 atom stereocenters. The summed E-state index contributed by atoms with van der Waals surface area (Å²) in [5, 5.41) is 5.71. The van der Waals surface area contributed by atoms with Gasteiger partial charge in [-0.15, -0.1) is 0 Å². The smallest absolute Gasteiger partial charge is 0.0715 e. The molecule has 74 valence electrons. The van der Waals surface area contributed by atoms with E-state index < -0.39 is 0 Å². The molecule has 0 saturated carbocycles. The van der Waals surface area contributed by atoms with Crippen molar-refractivity contribution >= 4 is 10.9 Å². The summed E-state index contributed by atoms with van der Waals surface area (Å²) in [6.45, 7) is 2.76. The maximum atomic E-state index is 5.55. The molecule has 2 aromatic rings. The summed E-state index contributed by atoms with van der Waals surface area (Å²) in [4.78, 5) is 0. The van der Waals surface area contributed by atoms with E-state index in [4.69, 9.17) is 5.73 Å². The standard InChI is InChI=1S/C11H15N3/c1-8-4-3-5-9-10(6-7-12)13-14(2)11(8)9/h3-5H,6-7,12H2,1-2H3. The van der Waals surface area contributed by atoms with E-state index in [-0.39, 0.29) is 0 Å². The molecule has 2 rings (SSSR count). The molecule has 1 aromatic carbocycles. The van der Waals surface area contributed by atoms with Crippen LogP contribution in [0.1, 0.15) is 11.3 Å². The normalized spacial score (nSPS) is 11.1. The van der Waals surface area contributed by atoms with Crippen molar-refractivity contribution in [3.8, 4) is 0 Å². The van der Waals surface area contributed by atoms with Crippen molar-refractivity contribution in [1.82, 2.24) is 9.78 Å². The summed E-state index contributed by atoms with van der Waals surface area (Å²) in [6.07, 6.45) is 0.848. The van der Waals surface area contributed by atoms with Gasteiger partial charge in [0.15, 0.2) is 0 Å². The third-order valence-electron chi connectivity index (χ3n) is 2.52. The Morgan fingerprint density at radius 2 is 2.21 bits per heavy atom. The molecule has 0 aliphatic carbocycles. The van der Waals surface area contributed by atoms with Gasteiger partial charge in [0.1, 0.15) is 0 Å². The molecule has 3 heteroatoms. The number of fused-ring (bicyclic) bond motifs is 1. The number of aryl methyl sites for hydroxylation is 2. The molecule has 1 heterocycles. The molecule has 0 spiro atoms. The molecule has 0 bridgehead atoms. The Morgan fingerprint density at radius 3 is 2.93 bits per heavy atom. The van der Waals surface area contributed by atoms with Crippen LogP contribution in [0.5, 0.6) is 0 Å². The van der Waals surface area contributed by atoms with Crippen LogP contribution < -0.4 is 5.73 Å². The maximum Gasteiger partial charge on any atom is 0.0715 e. The van der Waals surface area contributed by atoms with Gasteiger partial charge in [-0.1, -0.05) is 18.2 Å². The van der Waals surface area contributed by atoms with Crippen molar-refractivity contribution < 1.29 is 0 Å². The fourth-order valence-corrected chi connectivity index (χ4v) is 1.93. The summed E-state index contributed by atoms with van der Waals surface area (Å²) >= 11 is 0. The molecule has 0 radical (unpaired) electrons. The lowest BCUT2D eigenvalue weighted by molar-refractivity contribution is 0.759. The molecule has 0 saturated heterocycles. The topological polar surface area (TPSA) is 43.8 Å². The van der Waals surface area contributed by atoms with Gasteiger partial charge >= 0.3 is 0 Å².